The van der Waals surface area contributed by atoms with E-state index in [4.69, 9.17) is 18.3 Å². The zero-order chi connectivity index (χ0) is 25.6. The molecule has 2 rings (SSSR count). The lowest BCUT2D eigenvalue weighted by Crippen LogP contribution is -2.25. The van der Waals surface area contributed by atoms with Crippen LogP contribution < -0.4 is 4.74 Å². The maximum atomic E-state index is 13.4. The number of hydrogen-bond donors (Lipinski definition) is 1. The van der Waals surface area contributed by atoms with E-state index in [-0.39, 0.29) is 18.5 Å². The molecule has 1 aromatic rings. The number of benzene rings is 1. The van der Waals surface area contributed by atoms with Crippen molar-refractivity contribution in [1.29, 1.82) is 0 Å². The van der Waals surface area contributed by atoms with Crippen LogP contribution in [0.5, 0.6) is 11.5 Å². The van der Waals surface area contributed by atoms with Gasteiger partial charge in [0, 0.05) is 11.5 Å². The summed E-state index contributed by atoms with van der Waals surface area (Å²) >= 11 is 0. The fourth-order valence-corrected chi connectivity index (χ4v) is 5.78. The summed E-state index contributed by atoms with van der Waals surface area (Å²) in [7, 11) is -3.90. The van der Waals surface area contributed by atoms with E-state index in [1.165, 1.54) is 5.57 Å². The van der Waals surface area contributed by atoms with Crippen molar-refractivity contribution < 1.29 is 28.0 Å². The molecule has 0 heterocycles. The monoisotopic (exact) mass is 496 g/mol. The van der Waals surface area contributed by atoms with Gasteiger partial charge in [0.25, 0.3) is 0 Å². The molecule has 1 aromatic carbocycles. The molecule has 0 bridgehead atoms. The fourth-order valence-electron chi connectivity index (χ4n) is 4.12. The van der Waals surface area contributed by atoms with Crippen molar-refractivity contribution in [2.45, 2.75) is 117 Å². The first-order valence-corrected chi connectivity index (χ1v) is 14.0. The number of ether oxygens (including phenoxy) is 1. The van der Waals surface area contributed by atoms with Crippen molar-refractivity contribution in [3.8, 4) is 11.5 Å². The number of aromatic hydroxyl groups is 1. The van der Waals surface area contributed by atoms with Gasteiger partial charge in [-0.3, -0.25) is 9.05 Å². The molecule has 1 N–H and O–H groups in total. The number of allylic oxidation sites excluding steroid dienone is 2. The molecule has 0 fully saturated rings. The van der Waals surface area contributed by atoms with Crippen molar-refractivity contribution in [2.24, 2.45) is 0 Å². The zero-order valence-electron chi connectivity index (χ0n) is 22.4. The summed E-state index contributed by atoms with van der Waals surface area (Å²) in [5.41, 5.74) is 1.62. The summed E-state index contributed by atoms with van der Waals surface area (Å²) in [5, 5.41) is 11.0. The second kappa shape index (κ2) is 12.1. The van der Waals surface area contributed by atoms with Gasteiger partial charge in [-0.05, 0) is 98.3 Å². The van der Waals surface area contributed by atoms with Crippen LogP contribution in [-0.2, 0) is 24.6 Å². The molecular weight excluding hydrogens is 451 g/mol. The molecule has 1 atom stereocenters. The summed E-state index contributed by atoms with van der Waals surface area (Å²) in [5.74, 6) is 0.859. The predicted molar refractivity (Wildman–Crippen MR) is 138 cm³/mol. The van der Waals surface area contributed by atoms with E-state index >= 15 is 0 Å². The SMILES string of the molecule is CCCCCc1cc(O)c(C2C=C(C)CCC2)c(OCOP(=O)(OC(C)(C)C)OC(C)(C)C)c1. The van der Waals surface area contributed by atoms with E-state index in [1.54, 1.807) is 41.5 Å². The number of phenolic OH excluding ortho intramolecular Hbond substituents is 1. The van der Waals surface area contributed by atoms with Gasteiger partial charge in [-0.15, -0.1) is 0 Å². The average Bonchev–Trinajstić information content (AvgIpc) is 2.64. The van der Waals surface area contributed by atoms with E-state index in [9.17, 15) is 9.67 Å². The number of phosphoric ester groups is 1. The van der Waals surface area contributed by atoms with Crippen LogP contribution in [0.2, 0.25) is 0 Å². The molecule has 0 aliphatic heterocycles. The molecule has 0 aromatic heterocycles. The van der Waals surface area contributed by atoms with Gasteiger partial charge in [0.1, 0.15) is 11.5 Å². The minimum atomic E-state index is -3.90. The van der Waals surface area contributed by atoms with Gasteiger partial charge in [-0.25, -0.2) is 9.09 Å². The van der Waals surface area contributed by atoms with Crippen LogP contribution in [0, 0.1) is 0 Å². The first-order chi connectivity index (χ1) is 15.7. The first kappa shape index (κ1) is 28.9. The number of unbranched alkanes of at least 4 members (excludes halogenated alkanes) is 2. The molecule has 0 saturated carbocycles. The van der Waals surface area contributed by atoms with E-state index in [0.717, 1.165) is 56.1 Å². The Kier molecular flexibility index (Phi) is 10.3. The Labute approximate surface area is 206 Å². The molecule has 194 valence electrons. The van der Waals surface area contributed by atoms with Crippen LogP contribution >= 0.6 is 7.82 Å². The molecule has 6 nitrogen and oxygen atoms in total. The molecule has 1 aliphatic carbocycles. The lowest BCUT2D eigenvalue weighted by Gasteiger charge is -2.31. The molecule has 0 radical (unpaired) electrons. The zero-order valence-corrected chi connectivity index (χ0v) is 23.3. The predicted octanol–water partition coefficient (Wildman–Crippen LogP) is 8.43. The van der Waals surface area contributed by atoms with Crippen LogP contribution in [0.15, 0.2) is 23.8 Å². The molecule has 34 heavy (non-hydrogen) atoms. The normalized spacial score (nSPS) is 17.5. The summed E-state index contributed by atoms with van der Waals surface area (Å²) in [6, 6.07) is 3.83. The van der Waals surface area contributed by atoms with Gasteiger partial charge >= 0.3 is 7.82 Å². The summed E-state index contributed by atoms with van der Waals surface area (Å²) < 4.78 is 36.4. The lowest BCUT2D eigenvalue weighted by molar-refractivity contribution is -0.0191. The van der Waals surface area contributed by atoms with Crippen LogP contribution in [0.4, 0.5) is 0 Å². The summed E-state index contributed by atoms with van der Waals surface area (Å²) in [6.45, 7) is 14.7. The van der Waals surface area contributed by atoms with Crippen molar-refractivity contribution in [1.82, 2.24) is 0 Å². The van der Waals surface area contributed by atoms with Gasteiger partial charge in [0.2, 0.25) is 0 Å². The Bertz CT molecular complexity index is 858. The number of phenols is 1. The number of phosphoric acid groups is 1. The summed E-state index contributed by atoms with van der Waals surface area (Å²) in [6.07, 6.45) is 9.44. The van der Waals surface area contributed by atoms with Crippen LogP contribution in [0.3, 0.4) is 0 Å². The second-order valence-corrected chi connectivity index (χ2v) is 12.8. The maximum Gasteiger partial charge on any atom is 0.478 e. The number of hydrogen-bond acceptors (Lipinski definition) is 6. The topological polar surface area (TPSA) is 74.2 Å². The Morgan fingerprint density at radius 1 is 1.06 bits per heavy atom. The summed E-state index contributed by atoms with van der Waals surface area (Å²) in [4.78, 5) is 0. The van der Waals surface area contributed by atoms with E-state index in [0.29, 0.717) is 5.75 Å². The van der Waals surface area contributed by atoms with Crippen molar-refractivity contribution >= 4 is 7.82 Å². The van der Waals surface area contributed by atoms with Crippen molar-refractivity contribution in [3.63, 3.8) is 0 Å². The Balaban J connectivity index is 2.29. The largest absolute Gasteiger partial charge is 0.507 e. The molecule has 1 aliphatic rings. The molecule has 0 saturated heterocycles. The quantitative estimate of drug-likeness (QED) is 0.143. The number of aryl methyl sites for hydroxylation is 1. The smallest absolute Gasteiger partial charge is 0.478 e. The lowest BCUT2D eigenvalue weighted by atomic mass is 9.84. The highest BCUT2D eigenvalue weighted by molar-refractivity contribution is 7.48. The molecule has 0 spiro atoms. The van der Waals surface area contributed by atoms with E-state index in [1.807, 2.05) is 12.1 Å². The molecule has 1 unspecified atom stereocenters. The third-order valence-electron chi connectivity index (χ3n) is 5.39. The number of rotatable bonds is 11. The van der Waals surface area contributed by atoms with Gasteiger partial charge in [-0.1, -0.05) is 31.4 Å². The highest BCUT2D eigenvalue weighted by atomic mass is 31.2. The minimum absolute atomic E-state index is 0.0666. The third kappa shape index (κ3) is 9.73. The van der Waals surface area contributed by atoms with E-state index < -0.39 is 19.0 Å². The molecular formula is C27H45O6P. The van der Waals surface area contributed by atoms with Gasteiger partial charge in [0.05, 0.1) is 11.2 Å². The van der Waals surface area contributed by atoms with E-state index in [2.05, 4.69) is 19.9 Å². The third-order valence-corrected chi connectivity index (χ3v) is 7.35. The minimum Gasteiger partial charge on any atom is -0.507 e. The first-order valence-electron chi connectivity index (χ1n) is 12.5. The average molecular weight is 497 g/mol. The Morgan fingerprint density at radius 3 is 2.26 bits per heavy atom. The Hall–Kier alpha value is -1.33. The Morgan fingerprint density at radius 2 is 1.71 bits per heavy atom. The van der Waals surface area contributed by atoms with Gasteiger partial charge in [0.15, 0.2) is 6.79 Å². The van der Waals surface area contributed by atoms with Crippen LogP contribution in [0.25, 0.3) is 0 Å². The molecule has 0 amide bonds. The highest BCUT2D eigenvalue weighted by Crippen LogP contribution is 2.55. The van der Waals surface area contributed by atoms with Gasteiger partial charge in [-0.2, -0.15) is 0 Å². The van der Waals surface area contributed by atoms with Gasteiger partial charge < -0.3 is 9.84 Å². The van der Waals surface area contributed by atoms with Crippen molar-refractivity contribution in [2.75, 3.05) is 6.79 Å². The van der Waals surface area contributed by atoms with Crippen molar-refractivity contribution in [3.05, 3.63) is 34.9 Å². The van der Waals surface area contributed by atoms with Crippen LogP contribution in [-0.4, -0.2) is 23.1 Å². The maximum absolute atomic E-state index is 13.4. The molecule has 7 heteroatoms. The highest BCUT2D eigenvalue weighted by Gasteiger charge is 2.37. The fraction of sp³-hybridized carbons (Fsp3) is 0.704. The second-order valence-electron chi connectivity index (χ2n) is 11.2. The standard InChI is InChI=1S/C27H45O6P/c1-9-10-11-14-21-17-23(28)25(22-15-12-13-20(2)16-22)24(18-21)30-19-31-34(29,32-26(3,4)5)33-27(6,7)8/h16-18,22,28H,9-15,19H2,1-8H3. The van der Waals surface area contributed by atoms with Crippen LogP contribution in [0.1, 0.15) is 111 Å².